The highest BCUT2D eigenvalue weighted by atomic mass is 79.9. The fourth-order valence-electron chi connectivity index (χ4n) is 3.58. The molecule has 3 unspecified atom stereocenters. The number of alkyl halides is 1. The largest absolute Gasteiger partial charge is 0.207 e. The molecule has 3 atom stereocenters. The van der Waals surface area contributed by atoms with E-state index in [0.717, 1.165) is 17.9 Å². The lowest BCUT2D eigenvalue weighted by atomic mass is 10.0. The smallest absolute Gasteiger partial charge is 0.130 e. The van der Waals surface area contributed by atoms with Crippen molar-refractivity contribution in [3.63, 3.8) is 0 Å². The van der Waals surface area contributed by atoms with Crippen LogP contribution in [0.3, 0.4) is 0 Å². The molecule has 2 aliphatic carbocycles. The summed E-state index contributed by atoms with van der Waals surface area (Å²) >= 11 is 3.65. The zero-order valence-corrected chi connectivity index (χ0v) is 12.0. The molecule has 0 aliphatic heterocycles. The lowest BCUT2D eigenvalue weighted by Crippen LogP contribution is -2.01. The van der Waals surface area contributed by atoms with Crippen LogP contribution in [0.25, 0.3) is 0 Å². The van der Waals surface area contributed by atoms with Gasteiger partial charge in [-0.3, -0.25) is 0 Å². The van der Waals surface area contributed by atoms with Crippen LogP contribution in [0.1, 0.15) is 41.6 Å². The maximum atomic E-state index is 13.9. The van der Waals surface area contributed by atoms with E-state index in [0.29, 0.717) is 17.0 Å². The van der Waals surface area contributed by atoms with Crippen molar-refractivity contribution in [3.8, 4) is 0 Å². The molecule has 1 aromatic carbocycles. The fourth-order valence-corrected chi connectivity index (χ4v) is 4.72. The van der Waals surface area contributed by atoms with Gasteiger partial charge < -0.3 is 0 Å². The van der Waals surface area contributed by atoms with E-state index in [1.54, 1.807) is 13.0 Å². The standard InChI is InChI=1S/C15H17BrF2/c1-8-6-11(13(18)7-12(8)17)15(16)14-9-4-2-3-5-10(9)14/h6-7,9-10,14-15H,2-5H2,1H3. The quantitative estimate of drug-likeness (QED) is 0.663. The monoisotopic (exact) mass is 314 g/mol. The second-order valence-corrected chi connectivity index (χ2v) is 6.70. The van der Waals surface area contributed by atoms with Gasteiger partial charge in [-0.25, -0.2) is 8.78 Å². The molecule has 0 spiro atoms. The Morgan fingerprint density at radius 1 is 1.11 bits per heavy atom. The van der Waals surface area contributed by atoms with E-state index in [9.17, 15) is 8.78 Å². The Morgan fingerprint density at radius 3 is 2.33 bits per heavy atom. The summed E-state index contributed by atoms with van der Waals surface area (Å²) in [5.74, 6) is 1.19. The van der Waals surface area contributed by atoms with Gasteiger partial charge in [-0.1, -0.05) is 28.8 Å². The van der Waals surface area contributed by atoms with Crippen LogP contribution >= 0.6 is 15.9 Å². The minimum absolute atomic E-state index is 0.0462. The van der Waals surface area contributed by atoms with Crippen molar-refractivity contribution >= 4 is 15.9 Å². The summed E-state index contributed by atoms with van der Waals surface area (Å²) in [4.78, 5) is 0.0462. The van der Waals surface area contributed by atoms with Crippen LogP contribution in [-0.2, 0) is 0 Å². The van der Waals surface area contributed by atoms with Crippen LogP contribution in [0.2, 0.25) is 0 Å². The van der Waals surface area contributed by atoms with Crippen LogP contribution in [0.4, 0.5) is 8.78 Å². The first-order valence-electron chi connectivity index (χ1n) is 6.69. The Bertz CT molecular complexity index is 460. The molecule has 0 radical (unpaired) electrons. The third-order valence-electron chi connectivity index (χ3n) is 4.64. The van der Waals surface area contributed by atoms with E-state index < -0.39 is 11.6 Å². The molecule has 1 aromatic rings. The average molecular weight is 315 g/mol. The van der Waals surface area contributed by atoms with Crippen LogP contribution in [0.15, 0.2) is 12.1 Å². The van der Waals surface area contributed by atoms with E-state index >= 15 is 0 Å². The van der Waals surface area contributed by atoms with Gasteiger partial charge in [0.15, 0.2) is 0 Å². The zero-order chi connectivity index (χ0) is 12.9. The Kier molecular flexibility index (Phi) is 3.21. The van der Waals surface area contributed by atoms with E-state index in [1.807, 2.05) is 0 Å². The highest BCUT2D eigenvalue weighted by molar-refractivity contribution is 9.09. The van der Waals surface area contributed by atoms with Crippen molar-refractivity contribution < 1.29 is 8.78 Å². The number of halogens is 3. The summed E-state index contributed by atoms with van der Waals surface area (Å²) in [6, 6.07) is 2.68. The van der Waals surface area contributed by atoms with Gasteiger partial charge in [0.05, 0.1) is 0 Å². The number of aryl methyl sites for hydroxylation is 1. The molecule has 18 heavy (non-hydrogen) atoms. The topological polar surface area (TPSA) is 0 Å². The number of rotatable bonds is 2. The van der Waals surface area contributed by atoms with Crippen molar-refractivity contribution in [3.05, 3.63) is 34.9 Å². The predicted molar refractivity (Wildman–Crippen MR) is 71.7 cm³/mol. The van der Waals surface area contributed by atoms with Gasteiger partial charge in [-0.05, 0) is 49.1 Å². The molecule has 0 bridgehead atoms. The summed E-state index contributed by atoms with van der Waals surface area (Å²) in [5.41, 5.74) is 1.16. The summed E-state index contributed by atoms with van der Waals surface area (Å²) in [7, 11) is 0. The van der Waals surface area contributed by atoms with Gasteiger partial charge in [0.25, 0.3) is 0 Å². The fraction of sp³-hybridized carbons (Fsp3) is 0.600. The summed E-state index contributed by atoms with van der Waals surface area (Å²) in [5, 5.41) is 0. The highest BCUT2D eigenvalue weighted by Gasteiger charge is 2.54. The molecule has 3 heteroatoms. The molecule has 0 N–H and O–H groups in total. The second-order valence-electron chi connectivity index (χ2n) is 5.71. The number of hydrogen-bond acceptors (Lipinski definition) is 0. The molecular weight excluding hydrogens is 298 g/mol. The first-order chi connectivity index (χ1) is 8.59. The third kappa shape index (κ3) is 2.01. The molecule has 0 aromatic heterocycles. The van der Waals surface area contributed by atoms with Gasteiger partial charge in [0, 0.05) is 16.5 Å². The minimum atomic E-state index is -0.454. The van der Waals surface area contributed by atoms with E-state index in [2.05, 4.69) is 15.9 Å². The van der Waals surface area contributed by atoms with Crippen LogP contribution in [0, 0.1) is 36.3 Å². The SMILES string of the molecule is Cc1cc(C(Br)C2C3CCCCC32)c(F)cc1F. The van der Waals surface area contributed by atoms with Crippen LogP contribution in [-0.4, -0.2) is 0 Å². The predicted octanol–water partition coefficient (Wildman–Crippen LogP) is 5.15. The molecular formula is C15H17BrF2. The average Bonchev–Trinajstić information content (AvgIpc) is 3.07. The Labute approximate surface area is 115 Å². The maximum absolute atomic E-state index is 13.9. The molecule has 2 aliphatic rings. The van der Waals surface area contributed by atoms with Crippen molar-refractivity contribution in [1.82, 2.24) is 0 Å². The molecule has 0 saturated heterocycles. The van der Waals surface area contributed by atoms with Crippen LogP contribution < -0.4 is 0 Å². The summed E-state index contributed by atoms with van der Waals surface area (Å²) in [6.45, 7) is 1.69. The van der Waals surface area contributed by atoms with Crippen molar-refractivity contribution in [2.45, 2.75) is 37.4 Å². The van der Waals surface area contributed by atoms with Crippen molar-refractivity contribution in [2.24, 2.45) is 17.8 Å². The van der Waals surface area contributed by atoms with E-state index in [-0.39, 0.29) is 4.83 Å². The van der Waals surface area contributed by atoms with Crippen molar-refractivity contribution in [2.75, 3.05) is 0 Å². The highest BCUT2D eigenvalue weighted by Crippen LogP contribution is 2.62. The minimum Gasteiger partial charge on any atom is -0.207 e. The Morgan fingerprint density at radius 2 is 1.72 bits per heavy atom. The number of hydrogen-bond donors (Lipinski definition) is 0. The molecule has 3 rings (SSSR count). The normalized spacial score (nSPS) is 31.9. The van der Waals surface area contributed by atoms with Crippen LogP contribution in [0.5, 0.6) is 0 Å². The molecule has 0 amide bonds. The van der Waals surface area contributed by atoms with E-state index in [4.69, 9.17) is 0 Å². The summed E-state index contributed by atoms with van der Waals surface area (Å²) < 4.78 is 27.2. The van der Waals surface area contributed by atoms with E-state index in [1.165, 1.54) is 25.7 Å². The molecule has 0 nitrogen and oxygen atoms in total. The third-order valence-corrected chi connectivity index (χ3v) is 5.74. The Balaban J connectivity index is 1.85. The number of benzene rings is 1. The van der Waals surface area contributed by atoms with Gasteiger partial charge in [0.1, 0.15) is 11.6 Å². The molecule has 0 heterocycles. The summed E-state index contributed by atoms with van der Waals surface area (Å²) in [6.07, 6.45) is 5.17. The lowest BCUT2D eigenvalue weighted by Gasteiger charge is -2.12. The van der Waals surface area contributed by atoms with Gasteiger partial charge in [-0.15, -0.1) is 0 Å². The first-order valence-corrected chi connectivity index (χ1v) is 7.61. The maximum Gasteiger partial charge on any atom is 0.130 e. The Hall–Kier alpha value is -0.440. The zero-order valence-electron chi connectivity index (χ0n) is 10.4. The molecule has 2 fully saturated rings. The van der Waals surface area contributed by atoms with Gasteiger partial charge in [0.2, 0.25) is 0 Å². The second kappa shape index (κ2) is 4.59. The van der Waals surface area contributed by atoms with Crippen molar-refractivity contribution in [1.29, 1.82) is 0 Å². The van der Waals surface area contributed by atoms with Gasteiger partial charge >= 0.3 is 0 Å². The lowest BCUT2D eigenvalue weighted by molar-refractivity contribution is 0.480. The van der Waals surface area contributed by atoms with Gasteiger partial charge in [-0.2, -0.15) is 0 Å². The molecule has 2 saturated carbocycles. The first kappa shape index (κ1) is 12.6. The number of fused-ring (bicyclic) bond motifs is 1. The molecule has 98 valence electrons.